The van der Waals surface area contributed by atoms with Gasteiger partial charge >= 0.3 is 0 Å². The molecule has 0 saturated carbocycles. The molecule has 0 spiro atoms. The number of nitrogens with two attached hydrogens (primary N) is 1. The number of anilines is 1. The van der Waals surface area contributed by atoms with Crippen LogP contribution < -0.4 is 5.73 Å². The zero-order valence-electron chi connectivity index (χ0n) is 7.45. The van der Waals surface area contributed by atoms with Gasteiger partial charge in [0.2, 0.25) is 0 Å². The van der Waals surface area contributed by atoms with Crippen LogP contribution in [-0.2, 0) is 6.54 Å². The van der Waals surface area contributed by atoms with Gasteiger partial charge in [-0.15, -0.1) is 0 Å². The van der Waals surface area contributed by atoms with Crippen molar-refractivity contribution >= 4 is 5.82 Å². The SMILES string of the molecule is CCN(CC)Cc1nonc1N. The smallest absolute Gasteiger partial charge is 0.192 e. The minimum Gasteiger partial charge on any atom is -0.379 e. The monoisotopic (exact) mass is 170 g/mol. The van der Waals surface area contributed by atoms with E-state index in [9.17, 15) is 0 Å². The lowest BCUT2D eigenvalue weighted by atomic mass is 10.4. The van der Waals surface area contributed by atoms with Gasteiger partial charge in [-0.05, 0) is 18.2 Å². The molecule has 1 aromatic rings. The summed E-state index contributed by atoms with van der Waals surface area (Å²) in [5.41, 5.74) is 6.23. The van der Waals surface area contributed by atoms with E-state index >= 15 is 0 Å². The molecule has 1 heterocycles. The Morgan fingerprint density at radius 3 is 2.42 bits per heavy atom. The van der Waals surface area contributed by atoms with E-state index in [1.807, 2.05) is 0 Å². The molecular formula is C7H14N4O. The van der Waals surface area contributed by atoms with Crippen LogP contribution in [0.5, 0.6) is 0 Å². The normalized spacial score (nSPS) is 10.9. The van der Waals surface area contributed by atoms with Gasteiger partial charge in [-0.25, -0.2) is 4.63 Å². The van der Waals surface area contributed by atoms with Crippen molar-refractivity contribution in [2.75, 3.05) is 18.8 Å². The van der Waals surface area contributed by atoms with Crippen LogP contribution in [0.4, 0.5) is 5.82 Å². The lowest BCUT2D eigenvalue weighted by molar-refractivity contribution is 0.269. The first-order chi connectivity index (χ1) is 5.77. The maximum absolute atomic E-state index is 5.50. The fourth-order valence-electron chi connectivity index (χ4n) is 0.982. The maximum atomic E-state index is 5.50. The van der Waals surface area contributed by atoms with Gasteiger partial charge in [-0.3, -0.25) is 4.90 Å². The van der Waals surface area contributed by atoms with Crippen LogP contribution in [0.25, 0.3) is 0 Å². The van der Waals surface area contributed by atoms with E-state index in [2.05, 4.69) is 33.7 Å². The third-order valence-electron chi connectivity index (χ3n) is 1.85. The highest BCUT2D eigenvalue weighted by atomic mass is 16.6. The Hall–Kier alpha value is -1.10. The highest BCUT2D eigenvalue weighted by molar-refractivity contribution is 5.30. The van der Waals surface area contributed by atoms with Crippen LogP contribution in [0.2, 0.25) is 0 Å². The summed E-state index contributed by atoms with van der Waals surface area (Å²) in [5, 5.41) is 7.20. The molecule has 0 atom stereocenters. The van der Waals surface area contributed by atoms with Gasteiger partial charge in [0, 0.05) is 6.54 Å². The summed E-state index contributed by atoms with van der Waals surface area (Å²) < 4.78 is 4.48. The van der Waals surface area contributed by atoms with Crippen LogP contribution in [-0.4, -0.2) is 28.3 Å². The predicted molar refractivity (Wildman–Crippen MR) is 45.3 cm³/mol. The first-order valence-corrected chi connectivity index (χ1v) is 4.07. The molecule has 68 valence electrons. The number of rotatable bonds is 4. The first-order valence-electron chi connectivity index (χ1n) is 4.07. The van der Waals surface area contributed by atoms with E-state index < -0.39 is 0 Å². The van der Waals surface area contributed by atoms with Crippen LogP contribution in [0.3, 0.4) is 0 Å². The lowest BCUT2D eigenvalue weighted by Crippen LogP contribution is -2.22. The van der Waals surface area contributed by atoms with Gasteiger partial charge in [-0.2, -0.15) is 0 Å². The molecule has 0 amide bonds. The number of hydrogen-bond donors (Lipinski definition) is 1. The van der Waals surface area contributed by atoms with E-state index in [4.69, 9.17) is 5.73 Å². The minimum absolute atomic E-state index is 0.391. The van der Waals surface area contributed by atoms with Crippen LogP contribution in [0, 0.1) is 0 Å². The van der Waals surface area contributed by atoms with Gasteiger partial charge in [0.25, 0.3) is 0 Å². The predicted octanol–water partition coefficient (Wildman–Crippen LogP) is 0.494. The molecule has 0 saturated heterocycles. The first kappa shape index (κ1) is 8.99. The molecule has 5 heteroatoms. The molecule has 0 aliphatic carbocycles. The summed E-state index contributed by atoms with van der Waals surface area (Å²) in [6.45, 7) is 6.84. The molecule has 1 rings (SSSR count). The highest BCUT2D eigenvalue weighted by Crippen LogP contribution is 2.07. The summed E-state index contributed by atoms with van der Waals surface area (Å²) in [7, 11) is 0. The molecule has 2 N–H and O–H groups in total. The minimum atomic E-state index is 0.391. The molecular weight excluding hydrogens is 156 g/mol. The quantitative estimate of drug-likeness (QED) is 0.712. The number of nitrogens with zero attached hydrogens (tertiary/aromatic N) is 3. The second-order valence-corrected chi connectivity index (χ2v) is 2.56. The van der Waals surface area contributed by atoms with Gasteiger partial charge in [-0.1, -0.05) is 19.0 Å². The fraction of sp³-hybridized carbons (Fsp3) is 0.714. The zero-order valence-corrected chi connectivity index (χ0v) is 7.45. The van der Waals surface area contributed by atoms with Gasteiger partial charge in [0.05, 0.1) is 0 Å². The van der Waals surface area contributed by atoms with Crippen molar-refractivity contribution in [3.8, 4) is 0 Å². The van der Waals surface area contributed by atoms with E-state index in [0.29, 0.717) is 12.4 Å². The molecule has 0 aliphatic rings. The second-order valence-electron chi connectivity index (χ2n) is 2.56. The Morgan fingerprint density at radius 2 is 2.00 bits per heavy atom. The van der Waals surface area contributed by atoms with Crippen molar-refractivity contribution in [3.63, 3.8) is 0 Å². The number of hydrogen-bond acceptors (Lipinski definition) is 5. The molecule has 0 radical (unpaired) electrons. The molecule has 5 nitrogen and oxygen atoms in total. The topological polar surface area (TPSA) is 68.2 Å². The molecule has 0 aromatic carbocycles. The van der Waals surface area contributed by atoms with Crippen molar-refractivity contribution in [1.29, 1.82) is 0 Å². The fourth-order valence-corrected chi connectivity index (χ4v) is 0.982. The van der Waals surface area contributed by atoms with Crippen LogP contribution in [0.15, 0.2) is 4.63 Å². The maximum Gasteiger partial charge on any atom is 0.192 e. The van der Waals surface area contributed by atoms with E-state index in [0.717, 1.165) is 18.8 Å². The van der Waals surface area contributed by atoms with Gasteiger partial charge < -0.3 is 5.73 Å². The Morgan fingerprint density at radius 1 is 1.33 bits per heavy atom. The molecule has 1 aromatic heterocycles. The largest absolute Gasteiger partial charge is 0.379 e. The molecule has 0 bridgehead atoms. The third kappa shape index (κ3) is 1.94. The Bertz CT molecular complexity index is 231. The van der Waals surface area contributed by atoms with Gasteiger partial charge in [0.1, 0.15) is 5.69 Å². The van der Waals surface area contributed by atoms with Gasteiger partial charge in [0.15, 0.2) is 5.82 Å². The van der Waals surface area contributed by atoms with E-state index in [-0.39, 0.29) is 0 Å². The molecule has 0 unspecified atom stereocenters. The summed E-state index contributed by atoms with van der Waals surface area (Å²) in [6.07, 6.45) is 0. The summed E-state index contributed by atoms with van der Waals surface area (Å²) in [5.74, 6) is 0.391. The van der Waals surface area contributed by atoms with E-state index in [1.54, 1.807) is 0 Å². The van der Waals surface area contributed by atoms with E-state index in [1.165, 1.54) is 0 Å². The molecule has 0 aliphatic heterocycles. The Kier molecular flexibility index (Phi) is 3.04. The van der Waals surface area contributed by atoms with Crippen molar-refractivity contribution in [2.24, 2.45) is 0 Å². The standard InChI is InChI=1S/C7H14N4O/c1-3-11(4-2)5-6-7(8)10-12-9-6/h3-5H2,1-2H3,(H2,8,10). The summed E-state index contributed by atoms with van der Waals surface area (Å²) in [6, 6.07) is 0. The number of aromatic nitrogens is 2. The van der Waals surface area contributed by atoms with Crippen molar-refractivity contribution in [2.45, 2.75) is 20.4 Å². The zero-order chi connectivity index (χ0) is 8.97. The van der Waals surface area contributed by atoms with Crippen molar-refractivity contribution in [3.05, 3.63) is 5.69 Å². The Labute approximate surface area is 71.5 Å². The van der Waals surface area contributed by atoms with Crippen LogP contribution in [0.1, 0.15) is 19.5 Å². The second kappa shape index (κ2) is 4.06. The summed E-state index contributed by atoms with van der Waals surface area (Å²) in [4.78, 5) is 2.19. The number of nitrogen functional groups attached to an aromatic ring is 1. The Balaban J connectivity index is 2.56. The average Bonchev–Trinajstić information content (AvgIpc) is 2.47. The average molecular weight is 170 g/mol. The van der Waals surface area contributed by atoms with Crippen molar-refractivity contribution < 1.29 is 4.63 Å². The highest BCUT2D eigenvalue weighted by Gasteiger charge is 2.08. The van der Waals surface area contributed by atoms with Crippen molar-refractivity contribution in [1.82, 2.24) is 15.2 Å². The third-order valence-corrected chi connectivity index (χ3v) is 1.85. The molecule has 0 fully saturated rings. The summed E-state index contributed by atoms with van der Waals surface area (Å²) >= 11 is 0. The van der Waals surface area contributed by atoms with Crippen LogP contribution >= 0.6 is 0 Å². The molecule has 12 heavy (non-hydrogen) atoms. The lowest BCUT2D eigenvalue weighted by Gasteiger charge is -2.15.